The SMILES string of the molecule is CNC(=O)N1CCN2OC(CN3CCOCC3)CC2C1c1ccccc1C. The van der Waals surface area contributed by atoms with Crippen LogP contribution in [0.1, 0.15) is 23.6 Å². The molecule has 4 rings (SSSR count). The quantitative estimate of drug-likeness (QED) is 0.867. The highest BCUT2D eigenvalue weighted by atomic mass is 16.7. The number of piperazine rings is 1. The van der Waals surface area contributed by atoms with Gasteiger partial charge in [0.15, 0.2) is 0 Å². The number of aryl methyl sites for hydroxylation is 1. The smallest absolute Gasteiger partial charge is 0.317 e. The maximum atomic E-state index is 12.6. The molecule has 0 radical (unpaired) electrons. The summed E-state index contributed by atoms with van der Waals surface area (Å²) in [7, 11) is 1.70. The summed E-state index contributed by atoms with van der Waals surface area (Å²) in [5, 5.41) is 4.94. The van der Waals surface area contributed by atoms with Crippen LogP contribution in [0.5, 0.6) is 0 Å². The average molecular weight is 374 g/mol. The lowest BCUT2D eigenvalue weighted by atomic mass is 9.89. The van der Waals surface area contributed by atoms with E-state index < -0.39 is 0 Å². The monoisotopic (exact) mass is 374 g/mol. The highest BCUT2D eigenvalue weighted by Crippen LogP contribution is 2.39. The molecule has 27 heavy (non-hydrogen) atoms. The first-order valence-corrected chi connectivity index (χ1v) is 9.94. The van der Waals surface area contributed by atoms with Crippen molar-refractivity contribution < 1.29 is 14.4 Å². The molecule has 3 heterocycles. The largest absolute Gasteiger partial charge is 0.379 e. The maximum absolute atomic E-state index is 12.6. The van der Waals surface area contributed by atoms with Crippen molar-refractivity contribution in [3.05, 3.63) is 35.4 Å². The number of amides is 2. The van der Waals surface area contributed by atoms with E-state index in [1.54, 1.807) is 7.05 Å². The van der Waals surface area contributed by atoms with Crippen LogP contribution in [0.3, 0.4) is 0 Å². The second-order valence-electron chi connectivity index (χ2n) is 7.63. The molecule has 3 unspecified atom stereocenters. The number of nitrogens with zero attached hydrogens (tertiary/aromatic N) is 3. The Morgan fingerprint density at radius 2 is 1.96 bits per heavy atom. The van der Waals surface area contributed by atoms with Crippen LogP contribution >= 0.6 is 0 Å². The second kappa shape index (κ2) is 8.14. The van der Waals surface area contributed by atoms with Crippen molar-refractivity contribution in [3.8, 4) is 0 Å². The Bertz CT molecular complexity index is 664. The number of hydrogen-bond donors (Lipinski definition) is 1. The molecule has 1 aromatic carbocycles. The lowest BCUT2D eigenvalue weighted by Crippen LogP contribution is -2.55. The van der Waals surface area contributed by atoms with Gasteiger partial charge in [-0.25, -0.2) is 4.79 Å². The van der Waals surface area contributed by atoms with Gasteiger partial charge in [-0.1, -0.05) is 24.3 Å². The number of ether oxygens (including phenoxy) is 1. The van der Waals surface area contributed by atoms with Crippen molar-refractivity contribution >= 4 is 6.03 Å². The first kappa shape index (κ1) is 18.7. The fourth-order valence-electron chi connectivity index (χ4n) is 4.60. The van der Waals surface area contributed by atoms with Gasteiger partial charge in [0, 0.05) is 39.8 Å². The summed E-state index contributed by atoms with van der Waals surface area (Å²) in [6.07, 6.45) is 1.10. The minimum Gasteiger partial charge on any atom is -0.379 e. The summed E-state index contributed by atoms with van der Waals surface area (Å²) in [6.45, 7) is 8.01. The number of morpholine rings is 1. The van der Waals surface area contributed by atoms with E-state index >= 15 is 0 Å². The van der Waals surface area contributed by atoms with Crippen molar-refractivity contribution in [2.75, 3.05) is 53.0 Å². The molecule has 0 spiro atoms. The third-order valence-corrected chi connectivity index (χ3v) is 5.97. The normalized spacial score (nSPS) is 29.6. The molecule has 1 N–H and O–H groups in total. The predicted octanol–water partition coefficient (Wildman–Crippen LogP) is 1.40. The van der Waals surface area contributed by atoms with Gasteiger partial charge in [-0.05, 0) is 24.5 Å². The van der Waals surface area contributed by atoms with Gasteiger partial charge in [-0.2, -0.15) is 5.06 Å². The lowest BCUT2D eigenvalue weighted by molar-refractivity contribution is -0.190. The van der Waals surface area contributed by atoms with Gasteiger partial charge in [0.1, 0.15) is 0 Å². The first-order valence-electron chi connectivity index (χ1n) is 9.94. The Kier molecular flexibility index (Phi) is 5.63. The van der Waals surface area contributed by atoms with E-state index in [2.05, 4.69) is 46.5 Å². The molecule has 2 amide bonds. The summed E-state index contributed by atoms with van der Waals surface area (Å²) in [5.41, 5.74) is 2.43. The van der Waals surface area contributed by atoms with Crippen LogP contribution in [-0.2, 0) is 9.57 Å². The Morgan fingerprint density at radius 3 is 2.70 bits per heavy atom. The van der Waals surface area contributed by atoms with Crippen molar-refractivity contribution in [1.82, 2.24) is 20.2 Å². The van der Waals surface area contributed by atoms with Crippen LogP contribution < -0.4 is 5.32 Å². The number of urea groups is 1. The van der Waals surface area contributed by atoms with Crippen LogP contribution in [0, 0.1) is 6.92 Å². The maximum Gasteiger partial charge on any atom is 0.317 e. The van der Waals surface area contributed by atoms with Gasteiger partial charge in [0.2, 0.25) is 0 Å². The average Bonchev–Trinajstić information content (AvgIpc) is 3.10. The molecule has 7 heteroatoms. The zero-order valence-corrected chi connectivity index (χ0v) is 16.3. The molecule has 3 saturated heterocycles. The summed E-state index contributed by atoms with van der Waals surface area (Å²) < 4.78 is 5.46. The number of benzene rings is 1. The van der Waals surface area contributed by atoms with E-state index in [0.717, 1.165) is 45.8 Å². The fourth-order valence-corrected chi connectivity index (χ4v) is 4.60. The van der Waals surface area contributed by atoms with Gasteiger partial charge in [0.05, 0.1) is 31.4 Å². The van der Waals surface area contributed by atoms with Crippen LogP contribution in [0.15, 0.2) is 24.3 Å². The Balaban J connectivity index is 1.55. The highest BCUT2D eigenvalue weighted by molar-refractivity contribution is 5.74. The highest BCUT2D eigenvalue weighted by Gasteiger charge is 2.46. The number of hydroxylamine groups is 2. The molecular weight excluding hydrogens is 344 g/mol. The Labute approximate surface area is 161 Å². The van der Waals surface area contributed by atoms with Crippen LogP contribution in [0.2, 0.25) is 0 Å². The number of nitrogens with one attached hydrogen (secondary N) is 1. The van der Waals surface area contributed by atoms with Gasteiger partial charge >= 0.3 is 6.03 Å². The molecular formula is C20H30N4O3. The molecule has 0 saturated carbocycles. The molecule has 7 nitrogen and oxygen atoms in total. The van der Waals surface area contributed by atoms with E-state index in [1.807, 2.05) is 4.90 Å². The van der Waals surface area contributed by atoms with Crippen molar-refractivity contribution in [1.29, 1.82) is 0 Å². The Morgan fingerprint density at radius 1 is 1.19 bits per heavy atom. The van der Waals surface area contributed by atoms with Crippen molar-refractivity contribution in [2.24, 2.45) is 0 Å². The van der Waals surface area contributed by atoms with Gasteiger partial charge < -0.3 is 15.0 Å². The molecule has 3 aliphatic rings. The topological polar surface area (TPSA) is 57.3 Å². The standard InChI is InChI=1S/C20H30N4O3/c1-15-5-3-4-6-17(15)19-18-13-16(14-22-9-11-26-12-10-22)27-24(18)8-7-23(19)20(25)21-2/h3-6,16,18-19H,7-14H2,1-2H3,(H,21,25). The van der Waals surface area contributed by atoms with Gasteiger partial charge in [-0.15, -0.1) is 0 Å². The molecule has 1 aromatic rings. The van der Waals surface area contributed by atoms with Gasteiger partial charge in [-0.3, -0.25) is 9.74 Å². The molecule has 3 atom stereocenters. The van der Waals surface area contributed by atoms with Crippen LogP contribution in [-0.4, -0.2) is 86.0 Å². The number of carbonyl (C=O) groups excluding carboxylic acids is 1. The van der Waals surface area contributed by atoms with Crippen LogP contribution in [0.25, 0.3) is 0 Å². The van der Waals surface area contributed by atoms with E-state index in [1.165, 1.54) is 11.1 Å². The van der Waals surface area contributed by atoms with E-state index in [9.17, 15) is 4.79 Å². The fraction of sp³-hybridized carbons (Fsp3) is 0.650. The zero-order valence-electron chi connectivity index (χ0n) is 16.3. The summed E-state index contributed by atoms with van der Waals surface area (Å²) in [4.78, 5) is 23.3. The third kappa shape index (κ3) is 3.82. The van der Waals surface area contributed by atoms with Crippen molar-refractivity contribution in [2.45, 2.75) is 31.5 Å². The van der Waals surface area contributed by atoms with E-state index in [-0.39, 0.29) is 24.2 Å². The van der Waals surface area contributed by atoms with Gasteiger partial charge in [0.25, 0.3) is 0 Å². The summed E-state index contributed by atoms with van der Waals surface area (Å²) in [6, 6.07) is 8.56. The number of fused-ring (bicyclic) bond motifs is 1. The minimum absolute atomic E-state index is 0.00888. The molecule has 0 bridgehead atoms. The van der Waals surface area contributed by atoms with E-state index in [0.29, 0.717) is 6.54 Å². The molecule has 3 aliphatic heterocycles. The molecule has 148 valence electrons. The third-order valence-electron chi connectivity index (χ3n) is 5.97. The Hall–Kier alpha value is -1.67. The molecule has 0 aromatic heterocycles. The lowest BCUT2D eigenvalue weighted by Gasteiger charge is -2.43. The summed E-state index contributed by atoms with van der Waals surface area (Å²) >= 11 is 0. The van der Waals surface area contributed by atoms with Crippen LogP contribution in [0.4, 0.5) is 4.79 Å². The molecule has 3 fully saturated rings. The first-order chi connectivity index (χ1) is 13.2. The number of rotatable bonds is 3. The second-order valence-corrected chi connectivity index (χ2v) is 7.63. The zero-order chi connectivity index (χ0) is 18.8. The predicted molar refractivity (Wildman–Crippen MR) is 102 cm³/mol. The number of carbonyl (C=O) groups is 1. The summed E-state index contributed by atoms with van der Waals surface area (Å²) in [5.74, 6) is 0. The van der Waals surface area contributed by atoms with Crippen molar-refractivity contribution in [3.63, 3.8) is 0 Å². The minimum atomic E-state index is -0.0143. The van der Waals surface area contributed by atoms with E-state index in [4.69, 9.17) is 9.57 Å². The molecule has 0 aliphatic carbocycles. The number of hydrogen-bond acceptors (Lipinski definition) is 5.